The van der Waals surface area contributed by atoms with E-state index in [-0.39, 0.29) is 17.7 Å². The molecule has 4 aromatic rings. The molecule has 1 aromatic carbocycles. The van der Waals surface area contributed by atoms with Gasteiger partial charge in [0.15, 0.2) is 17.1 Å². The lowest BCUT2D eigenvalue weighted by Crippen LogP contribution is -2.10. The molecule has 0 aliphatic heterocycles. The number of hydrogen-bond acceptors (Lipinski definition) is 7. The first kappa shape index (κ1) is 15.9. The number of aryl methyl sites for hydroxylation is 2. The van der Waals surface area contributed by atoms with Gasteiger partial charge in [-0.15, -0.1) is 5.10 Å². The van der Waals surface area contributed by atoms with Gasteiger partial charge in [0, 0.05) is 5.39 Å². The van der Waals surface area contributed by atoms with Gasteiger partial charge in [-0.1, -0.05) is 17.2 Å². The summed E-state index contributed by atoms with van der Waals surface area (Å²) >= 11 is 0. The quantitative estimate of drug-likeness (QED) is 0.592. The van der Waals surface area contributed by atoms with E-state index in [4.69, 9.17) is 18.0 Å². The Morgan fingerprint density at radius 2 is 1.96 bits per heavy atom. The highest BCUT2D eigenvalue weighted by atomic mass is 16.5. The average Bonchev–Trinajstić information content (AvgIpc) is 3.32. The van der Waals surface area contributed by atoms with Crippen molar-refractivity contribution < 1.29 is 22.8 Å². The van der Waals surface area contributed by atoms with Gasteiger partial charge < -0.3 is 18.0 Å². The van der Waals surface area contributed by atoms with Gasteiger partial charge in [0.25, 0.3) is 11.8 Å². The highest BCUT2D eigenvalue weighted by Crippen LogP contribution is 2.29. The van der Waals surface area contributed by atoms with Crippen molar-refractivity contribution in [1.82, 2.24) is 10.2 Å². The molecule has 0 atom stereocenters. The van der Waals surface area contributed by atoms with Crippen LogP contribution in [0.5, 0.6) is 5.75 Å². The average molecular weight is 353 g/mol. The van der Waals surface area contributed by atoms with E-state index in [1.807, 2.05) is 19.1 Å². The summed E-state index contributed by atoms with van der Waals surface area (Å²) in [5.74, 6) is 1.82. The molecule has 1 N–H and O–H groups in total. The number of fused-ring (bicyclic) bond motifs is 1. The van der Waals surface area contributed by atoms with E-state index in [1.165, 1.54) is 7.11 Å². The van der Waals surface area contributed by atoms with E-state index in [9.17, 15) is 4.79 Å². The summed E-state index contributed by atoms with van der Waals surface area (Å²) in [6.07, 6.45) is 0. The van der Waals surface area contributed by atoms with Gasteiger partial charge >= 0.3 is 6.01 Å². The van der Waals surface area contributed by atoms with Gasteiger partial charge in [-0.2, -0.15) is 0 Å². The van der Waals surface area contributed by atoms with Gasteiger partial charge in [-0.3, -0.25) is 10.1 Å². The van der Waals surface area contributed by atoms with Crippen molar-refractivity contribution in [2.45, 2.75) is 13.8 Å². The van der Waals surface area contributed by atoms with Crippen LogP contribution in [0.15, 0.2) is 43.6 Å². The summed E-state index contributed by atoms with van der Waals surface area (Å²) in [6, 6.07) is 8.78. The zero-order valence-corrected chi connectivity index (χ0v) is 14.3. The molecule has 1 amide bonds. The smallest absolute Gasteiger partial charge is 0.322 e. The highest BCUT2D eigenvalue weighted by molar-refractivity contribution is 6.04. The number of furan rings is 2. The Morgan fingerprint density at radius 1 is 1.12 bits per heavy atom. The largest absolute Gasteiger partial charge is 0.493 e. The molecule has 8 heteroatoms. The van der Waals surface area contributed by atoms with Crippen molar-refractivity contribution in [1.29, 1.82) is 0 Å². The second-order valence-electron chi connectivity index (χ2n) is 5.68. The fourth-order valence-electron chi connectivity index (χ4n) is 2.69. The molecule has 3 heterocycles. The van der Waals surface area contributed by atoms with Gasteiger partial charge in [0.2, 0.25) is 0 Å². The third kappa shape index (κ3) is 2.71. The predicted octanol–water partition coefficient (Wildman–Crippen LogP) is 3.95. The third-order valence-electron chi connectivity index (χ3n) is 3.87. The molecule has 0 unspecified atom stereocenters. The molecule has 132 valence electrons. The Bertz CT molecular complexity index is 1110. The Morgan fingerprint density at radius 3 is 2.69 bits per heavy atom. The predicted molar refractivity (Wildman–Crippen MR) is 92.2 cm³/mol. The number of anilines is 1. The Balaban J connectivity index is 1.58. The molecule has 0 aliphatic rings. The van der Waals surface area contributed by atoms with Crippen molar-refractivity contribution in [2.24, 2.45) is 0 Å². The first-order valence-electron chi connectivity index (χ1n) is 7.84. The number of nitrogens with zero attached hydrogens (tertiary/aromatic N) is 2. The zero-order chi connectivity index (χ0) is 18.3. The fourth-order valence-corrected chi connectivity index (χ4v) is 2.69. The molecule has 8 nitrogen and oxygen atoms in total. The minimum Gasteiger partial charge on any atom is -0.493 e. The number of carbonyl (C=O) groups excluding carboxylic acids is 1. The molecule has 0 spiro atoms. The SMILES string of the molecule is COc1cccc2cc(C(=O)Nc3nnc(-c4cc(C)oc4C)o3)oc12. The van der Waals surface area contributed by atoms with Crippen molar-refractivity contribution in [3.63, 3.8) is 0 Å². The molecule has 3 aromatic heterocycles. The number of amides is 1. The summed E-state index contributed by atoms with van der Waals surface area (Å²) in [5, 5.41) is 11.1. The van der Waals surface area contributed by atoms with Gasteiger partial charge in [-0.25, -0.2) is 0 Å². The van der Waals surface area contributed by atoms with Crippen LogP contribution in [-0.4, -0.2) is 23.2 Å². The normalized spacial score (nSPS) is 11.0. The molecule has 4 rings (SSSR count). The molecular weight excluding hydrogens is 338 g/mol. The zero-order valence-electron chi connectivity index (χ0n) is 14.3. The maximum atomic E-state index is 12.4. The van der Waals surface area contributed by atoms with Crippen LogP contribution in [0.3, 0.4) is 0 Å². The molecule has 26 heavy (non-hydrogen) atoms. The number of rotatable bonds is 4. The minimum atomic E-state index is -0.501. The van der Waals surface area contributed by atoms with Crippen LogP contribution >= 0.6 is 0 Å². The van der Waals surface area contributed by atoms with E-state index in [2.05, 4.69) is 15.5 Å². The number of benzene rings is 1. The number of para-hydroxylation sites is 1. The number of hydrogen-bond donors (Lipinski definition) is 1. The summed E-state index contributed by atoms with van der Waals surface area (Å²) in [4.78, 5) is 12.4. The van der Waals surface area contributed by atoms with Crippen molar-refractivity contribution in [2.75, 3.05) is 12.4 Å². The molecule has 0 saturated carbocycles. The second-order valence-corrected chi connectivity index (χ2v) is 5.68. The van der Waals surface area contributed by atoms with E-state index in [0.29, 0.717) is 22.7 Å². The van der Waals surface area contributed by atoms with Crippen LogP contribution in [0, 0.1) is 13.8 Å². The van der Waals surface area contributed by atoms with Crippen molar-refractivity contribution in [3.05, 3.63) is 47.6 Å². The van der Waals surface area contributed by atoms with E-state index < -0.39 is 5.91 Å². The molecule has 0 fully saturated rings. The van der Waals surface area contributed by atoms with E-state index in [1.54, 1.807) is 25.1 Å². The minimum absolute atomic E-state index is 0.0318. The molecule has 0 saturated heterocycles. The monoisotopic (exact) mass is 353 g/mol. The summed E-state index contributed by atoms with van der Waals surface area (Å²) in [5.41, 5.74) is 1.18. The summed E-state index contributed by atoms with van der Waals surface area (Å²) in [7, 11) is 1.54. The second kappa shape index (κ2) is 6.07. The van der Waals surface area contributed by atoms with Crippen LogP contribution in [0.1, 0.15) is 22.1 Å². The highest BCUT2D eigenvalue weighted by Gasteiger charge is 2.19. The number of methoxy groups -OCH3 is 1. The number of nitrogens with one attached hydrogen (secondary N) is 1. The van der Waals surface area contributed by atoms with Crippen LogP contribution < -0.4 is 10.1 Å². The number of carbonyl (C=O) groups is 1. The summed E-state index contributed by atoms with van der Waals surface area (Å²) in [6.45, 7) is 3.62. The lowest BCUT2D eigenvalue weighted by atomic mass is 10.2. The Labute approximate surface area is 147 Å². The maximum Gasteiger partial charge on any atom is 0.322 e. The molecular formula is C18H15N3O5. The lowest BCUT2D eigenvalue weighted by molar-refractivity contribution is 0.0995. The topological polar surface area (TPSA) is 104 Å². The first-order valence-corrected chi connectivity index (χ1v) is 7.84. The molecule has 0 aliphatic carbocycles. The first-order chi connectivity index (χ1) is 12.5. The van der Waals surface area contributed by atoms with Crippen LogP contribution in [0.4, 0.5) is 6.01 Å². The lowest BCUT2D eigenvalue weighted by Gasteiger charge is -1.98. The van der Waals surface area contributed by atoms with E-state index >= 15 is 0 Å². The summed E-state index contributed by atoms with van der Waals surface area (Å²) < 4.78 is 21.8. The fraction of sp³-hybridized carbons (Fsp3) is 0.167. The van der Waals surface area contributed by atoms with E-state index in [0.717, 1.165) is 11.1 Å². The maximum absolute atomic E-state index is 12.4. The van der Waals surface area contributed by atoms with Gasteiger partial charge in [0.1, 0.15) is 11.5 Å². The van der Waals surface area contributed by atoms with Crippen LogP contribution in [0.2, 0.25) is 0 Å². The van der Waals surface area contributed by atoms with Crippen LogP contribution in [-0.2, 0) is 0 Å². The molecule has 0 radical (unpaired) electrons. The van der Waals surface area contributed by atoms with Gasteiger partial charge in [0.05, 0.1) is 12.7 Å². The van der Waals surface area contributed by atoms with Crippen molar-refractivity contribution in [3.8, 4) is 17.2 Å². The Kier molecular flexibility index (Phi) is 3.72. The number of aromatic nitrogens is 2. The Hall–Kier alpha value is -3.55. The number of ether oxygens (including phenoxy) is 1. The molecule has 0 bridgehead atoms. The van der Waals surface area contributed by atoms with Gasteiger partial charge in [-0.05, 0) is 32.0 Å². The van der Waals surface area contributed by atoms with Crippen molar-refractivity contribution >= 4 is 22.9 Å². The standard InChI is InChI=1S/C18H15N3O5/c1-9-7-12(10(2)24-9)17-20-21-18(26-17)19-16(22)14-8-11-5-4-6-13(23-3)15(11)25-14/h4-8H,1-3H3,(H,19,21,22). The third-order valence-corrected chi connectivity index (χ3v) is 3.87. The van der Waals surface area contributed by atoms with Crippen LogP contribution in [0.25, 0.3) is 22.4 Å².